The maximum absolute atomic E-state index is 14.9. The molecular formula is C22H25ClF4N2O. The molecule has 2 aromatic rings. The normalized spacial score (nSPS) is 16.7. The summed E-state index contributed by atoms with van der Waals surface area (Å²) in [7, 11) is 0. The van der Waals surface area contributed by atoms with Crippen molar-refractivity contribution in [3.8, 4) is 0 Å². The second-order valence-electron chi connectivity index (χ2n) is 7.45. The smallest absolute Gasteiger partial charge is 0.395 e. The molecule has 30 heavy (non-hydrogen) atoms. The molecule has 2 aromatic carbocycles. The predicted molar refractivity (Wildman–Crippen MR) is 111 cm³/mol. The Hall–Kier alpha value is -1.83. The number of aliphatic hydroxyl groups is 1. The molecule has 0 unspecified atom stereocenters. The molecule has 1 fully saturated rings. The van der Waals surface area contributed by atoms with Crippen LogP contribution in [-0.2, 0) is 12.6 Å². The third-order valence-corrected chi connectivity index (χ3v) is 5.67. The van der Waals surface area contributed by atoms with Crippen LogP contribution in [0.5, 0.6) is 0 Å². The van der Waals surface area contributed by atoms with Gasteiger partial charge in [0.25, 0.3) is 0 Å². The summed E-state index contributed by atoms with van der Waals surface area (Å²) < 4.78 is 54.6. The number of β-amino-alcohol motifs (C(OH)–C–C–N with tert-alkyl or cyclic N) is 1. The van der Waals surface area contributed by atoms with Gasteiger partial charge in [-0.15, -0.1) is 0 Å². The van der Waals surface area contributed by atoms with Gasteiger partial charge in [-0.3, -0.25) is 4.90 Å². The summed E-state index contributed by atoms with van der Waals surface area (Å²) in [4.78, 5) is 4.33. The van der Waals surface area contributed by atoms with Gasteiger partial charge in [0.05, 0.1) is 12.2 Å². The van der Waals surface area contributed by atoms with Crippen LogP contribution in [0, 0.1) is 0 Å². The molecule has 1 heterocycles. The van der Waals surface area contributed by atoms with Crippen LogP contribution in [0.2, 0.25) is 5.02 Å². The number of benzene rings is 2. The number of nitrogens with zero attached hydrogens (tertiary/aromatic N) is 2. The van der Waals surface area contributed by atoms with Gasteiger partial charge in [0.1, 0.15) is 6.17 Å². The van der Waals surface area contributed by atoms with Gasteiger partial charge in [-0.25, -0.2) is 4.39 Å². The molecule has 1 N–H and O–H groups in total. The Morgan fingerprint density at radius 1 is 1.03 bits per heavy atom. The van der Waals surface area contributed by atoms with Crippen molar-refractivity contribution in [2.45, 2.75) is 25.2 Å². The summed E-state index contributed by atoms with van der Waals surface area (Å²) in [6.07, 6.45) is -5.96. The van der Waals surface area contributed by atoms with E-state index in [-0.39, 0.29) is 30.0 Å². The second kappa shape index (κ2) is 9.98. The number of rotatable bonds is 7. The molecule has 164 valence electrons. The summed E-state index contributed by atoms with van der Waals surface area (Å²) in [5, 5.41) is 9.05. The van der Waals surface area contributed by atoms with Gasteiger partial charge in [0.2, 0.25) is 0 Å². The minimum atomic E-state index is -4.52. The maximum Gasteiger partial charge on any atom is 0.416 e. The first-order valence-corrected chi connectivity index (χ1v) is 10.3. The number of aliphatic hydroxyl groups excluding tert-OH is 1. The molecule has 0 amide bonds. The molecule has 1 atom stereocenters. The van der Waals surface area contributed by atoms with Crippen molar-refractivity contribution in [2.75, 3.05) is 44.2 Å². The molecule has 0 saturated carbocycles. The van der Waals surface area contributed by atoms with E-state index >= 15 is 0 Å². The minimum Gasteiger partial charge on any atom is -0.395 e. The first-order chi connectivity index (χ1) is 14.3. The molecule has 1 aliphatic heterocycles. The van der Waals surface area contributed by atoms with Crippen LogP contribution in [0.25, 0.3) is 0 Å². The van der Waals surface area contributed by atoms with Crippen molar-refractivity contribution in [2.24, 2.45) is 0 Å². The highest BCUT2D eigenvalue weighted by Gasteiger charge is 2.33. The number of halogens is 5. The van der Waals surface area contributed by atoms with Gasteiger partial charge in [-0.05, 0) is 48.2 Å². The SMILES string of the molecule is OCCN1CCN(c2cccc([C@H](F)CCc3ccc(Cl)cc3C(F)(F)F)c2)CC1. The van der Waals surface area contributed by atoms with E-state index in [2.05, 4.69) is 9.80 Å². The lowest BCUT2D eigenvalue weighted by molar-refractivity contribution is -0.138. The Balaban J connectivity index is 1.65. The summed E-state index contributed by atoms with van der Waals surface area (Å²) >= 11 is 5.71. The Bertz CT molecular complexity index is 838. The van der Waals surface area contributed by atoms with E-state index in [1.54, 1.807) is 18.2 Å². The Labute approximate surface area is 178 Å². The molecule has 3 nitrogen and oxygen atoms in total. The van der Waals surface area contributed by atoms with Gasteiger partial charge in [0, 0.05) is 43.4 Å². The zero-order chi connectivity index (χ0) is 21.7. The van der Waals surface area contributed by atoms with Crippen molar-refractivity contribution in [3.63, 3.8) is 0 Å². The van der Waals surface area contributed by atoms with E-state index < -0.39 is 17.9 Å². The van der Waals surface area contributed by atoms with Crippen LogP contribution >= 0.6 is 11.6 Å². The molecular weight excluding hydrogens is 420 g/mol. The largest absolute Gasteiger partial charge is 0.416 e. The van der Waals surface area contributed by atoms with E-state index in [1.165, 1.54) is 12.1 Å². The Morgan fingerprint density at radius 3 is 2.43 bits per heavy atom. The monoisotopic (exact) mass is 444 g/mol. The quantitative estimate of drug-likeness (QED) is 0.601. The lowest BCUT2D eigenvalue weighted by Gasteiger charge is -2.36. The second-order valence-corrected chi connectivity index (χ2v) is 7.89. The van der Waals surface area contributed by atoms with Crippen LogP contribution < -0.4 is 4.90 Å². The van der Waals surface area contributed by atoms with Crippen LogP contribution in [0.3, 0.4) is 0 Å². The summed E-state index contributed by atoms with van der Waals surface area (Å²) in [6.45, 7) is 3.97. The van der Waals surface area contributed by atoms with Gasteiger partial charge < -0.3 is 10.0 Å². The van der Waals surface area contributed by atoms with Crippen molar-refractivity contribution in [1.82, 2.24) is 4.90 Å². The standard InChI is InChI=1S/C22H25ClF4N2O/c23-18-6-4-16(20(15-18)22(25,26)27)5-7-21(24)17-2-1-3-19(14-17)29-10-8-28(9-11-29)12-13-30/h1-4,6,14-15,21,30H,5,7-13H2/t21-/m1/s1. The molecule has 1 saturated heterocycles. The topological polar surface area (TPSA) is 26.7 Å². The molecule has 0 spiro atoms. The number of alkyl halides is 4. The molecule has 3 rings (SSSR count). The van der Waals surface area contributed by atoms with Gasteiger partial charge in [-0.2, -0.15) is 13.2 Å². The van der Waals surface area contributed by atoms with Crippen LogP contribution in [0.4, 0.5) is 23.2 Å². The number of anilines is 1. The molecule has 8 heteroatoms. The van der Waals surface area contributed by atoms with E-state index in [1.807, 2.05) is 6.07 Å². The fourth-order valence-corrected chi connectivity index (χ4v) is 3.94. The highest BCUT2D eigenvalue weighted by atomic mass is 35.5. The lowest BCUT2D eigenvalue weighted by atomic mass is 9.98. The van der Waals surface area contributed by atoms with E-state index in [9.17, 15) is 17.6 Å². The van der Waals surface area contributed by atoms with E-state index in [4.69, 9.17) is 16.7 Å². The zero-order valence-corrected chi connectivity index (χ0v) is 17.3. The van der Waals surface area contributed by atoms with Crippen molar-refractivity contribution >= 4 is 17.3 Å². The van der Waals surface area contributed by atoms with E-state index in [0.717, 1.165) is 37.9 Å². The average molecular weight is 445 g/mol. The van der Waals surface area contributed by atoms with Gasteiger partial charge in [0.15, 0.2) is 0 Å². The number of piperazine rings is 1. The fraction of sp³-hybridized carbons (Fsp3) is 0.455. The molecule has 0 aliphatic carbocycles. The molecule has 1 aliphatic rings. The molecule has 0 radical (unpaired) electrons. The van der Waals surface area contributed by atoms with Crippen LogP contribution in [0.1, 0.15) is 29.3 Å². The number of aryl methyl sites for hydroxylation is 1. The zero-order valence-electron chi connectivity index (χ0n) is 16.5. The fourth-order valence-electron chi connectivity index (χ4n) is 3.77. The lowest BCUT2D eigenvalue weighted by Crippen LogP contribution is -2.47. The van der Waals surface area contributed by atoms with Crippen LogP contribution in [-0.4, -0.2) is 49.3 Å². The highest BCUT2D eigenvalue weighted by Crippen LogP contribution is 2.35. The third-order valence-electron chi connectivity index (χ3n) is 5.43. The van der Waals surface area contributed by atoms with Crippen molar-refractivity contribution in [1.29, 1.82) is 0 Å². The first-order valence-electron chi connectivity index (χ1n) is 9.95. The molecule has 0 aromatic heterocycles. The Morgan fingerprint density at radius 2 is 1.77 bits per heavy atom. The van der Waals surface area contributed by atoms with Crippen molar-refractivity contribution in [3.05, 3.63) is 64.2 Å². The maximum atomic E-state index is 14.9. The Kier molecular flexibility index (Phi) is 7.60. The van der Waals surface area contributed by atoms with E-state index in [0.29, 0.717) is 12.1 Å². The number of hydrogen-bond donors (Lipinski definition) is 1. The predicted octanol–water partition coefficient (Wildman–Crippen LogP) is 5.12. The summed E-state index contributed by atoms with van der Waals surface area (Å²) in [5.74, 6) is 0. The third kappa shape index (κ3) is 5.86. The average Bonchev–Trinajstić information content (AvgIpc) is 2.73. The highest BCUT2D eigenvalue weighted by molar-refractivity contribution is 6.30. The van der Waals surface area contributed by atoms with Gasteiger partial charge in [-0.1, -0.05) is 29.8 Å². The first kappa shape index (κ1) is 22.8. The van der Waals surface area contributed by atoms with Crippen molar-refractivity contribution < 1.29 is 22.7 Å². The van der Waals surface area contributed by atoms with Gasteiger partial charge >= 0.3 is 6.18 Å². The van der Waals surface area contributed by atoms with Crippen LogP contribution in [0.15, 0.2) is 42.5 Å². The molecule has 0 bridgehead atoms. The number of hydrogen-bond acceptors (Lipinski definition) is 3. The summed E-state index contributed by atoms with van der Waals surface area (Å²) in [5.41, 5.74) is 0.608. The summed E-state index contributed by atoms with van der Waals surface area (Å²) in [6, 6.07) is 10.7. The minimum absolute atomic E-state index is 0.00894.